The van der Waals surface area contributed by atoms with Crippen molar-refractivity contribution in [2.75, 3.05) is 26.2 Å². The summed E-state index contributed by atoms with van der Waals surface area (Å²) in [5.41, 5.74) is 0.745. The van der Waals surface area contributed by atoms with E-state index in [4.69, 9.17) is 4.74 Å². The number of hydrogen-bond acceptors (Lipinski definition) is 5. The van der Waals surface area contributed by atoms with Crippen LogP contribution in [-0.4, -0.2) is 59.1 Å². The predicted molar refractivity (Wildman–Crippen MR) is 115 cm³/mol. The fourth-order valence-electron chi connectivity index (χ4n) is 4.26. The van der Waals surface area contributed by atoms with Gasteiger partial charge in [0.15, 0.2) is 0 Å². The first-order chi connectivity index (χ1) is 14.6. The summed E-state index contributed by atoms with van der Waals surface area (Å²) in [7, 11) is 0. The molecule has 160 valence electrons. The van der Waals surface area contributed by atoms with E-state index in [1.54, 1.807) is 12.1 Å². The van der Waals surface area contributed by atoms with Crippen LogP contribution in [0.4, 0.5) is 0 Å². The first-order valence-corrected chi connectivity index (χ1v) is 11.5. The van der Waals surface area contributed by atoms with Crippen LogP contribution in [0.25, 0.3) is 0 Å². The lowest BCUT2D eigenvalue weighted by molar-refractivity contribution is -0.139. The molecule has 0 radical (unpaired) electrons. The van der Waals surface area contributed by atoms with Crippen LogP contribution < -0.4 is 0 Å². The molecule has 1 unspecified atom stereocenters. The van der Waals surface area contributed by atoms with Crippen LogP contribution in [0, 0.1) is 5.92 Å². The SMILES string of the molecule is O=C(c1cccs1)N1CCC(C(=O)N(Cc2ccccc2O)CC2CCCO2)CC1. The van der Waals surface area contributed by atoms with E-state index in [9.17, 15) is 14.7 Å². The van der Waals surface area contributed by atoms with Crippen molar-refractivity contribution in [1.29, 1.82) is 0 Å². The Morgan fingerprint density at radius 3 is 2.60 bits per heavy atom. The number of carbonyl (C=O) groups is 2. The molecule has 0 saturated carbocycles. The number of thiophene rings is 1. The number of hydrogen-bond donors (Lipinski definition) is 1. The Morgan fingerprint density at radius 2 is 1.93 bits per heavy atom. The van der Waals surface area contributed by atoms with Gasteiger partial charge >= 0.3 is 0 Å². The number of rotatable bonds is 6. The van der Waals surface area contributed by atoms with E-state index in [1.165, 1.54) is 11.3 Å². The largest absolute Gasteiger partial charge is 0.508 e. The quantitative estimate of drug-likeness (QED) is 0.764. The molecule has 2 amide bonds. The van der Waals surface area contributed by atoms with Crippen LogP contribution in [0.2, 0.25) is 0 Å². The molecule has 1 atom stereocenters. The second-order valence-electron chi connectivity index (χ2n) is 8.03. The van der Waals surface area contributed by atoms with Crippen molar-refractivity contribution in [3.63, 3.8) is 0 Å². The summed E-state index contributed by atoms with van der Waals surface area (Å²) in [6.45, 7) is 2.85. The third kappa shape index (κ3) is 4.84. The zero-order valence-corrected chi connectivity index (χ0v) is 17.9. The maximum absolute atomic E-state index is 13.4. The molecule has 1 aromatic heterocycles. The number of nitrogens with zero attached hydrogens (tertiary/aromatic N) is 2. The van der Waals surface area contributed by atoms with Crippen LogP contribution >= 0.6 is 11.3 Å². The summed E-state index contributed by atoms with van der Waals surface area (Å²) in [4.78, 5) is 30.4. The van der Waals surface area contributed by atoms with Crippen LogP contribution in [0.15, 0.2) is 41.8 Å². The Morgan fingerprint density at radius 1 is 1.13 bits per heavy atom. The van der Waals surface area contributed by atoms with Crippen molar-refractivity contribution in [2.24, 2.45) is 5.92 Å². The second-order valence-corrected chi connectivity index (χ2v) is 8.97. The number of para-hydroxylation sites is 1. The van der Waals surface area contributed by atoms with Gasteiger partial charge in [-0.1, -0.05) is 24.3 Å². The van der Waals surface area contributed by atoms with E-state index in [-0.39, 0.29) is 29.6 Å². The Kier molecular flexibility index (Phi) is 6.69. The molecule has 6 nitrogen and oxygen atoms in total. The zero-order valence-electron chi connectivity index (χ0n) is 17.0. The van der Waals surface area contributed by atoms with Gasteiger partial charge < -0.3 is 19.6 Å². The Hall–Kier alpha value is -2.38. The standard InChI is InChI=1S/C23H28N2O4S/c26-20-7-2-1-5-18(20)15-25(16-19-6-3-13-29-19)22(27)17-9-11-24(12-10-17)23(28)21-8-4-14-30-21/h1-2,4-5,7-8,14,17,19,26H,3,6,9-13,15-16H2. The molecule has 7 heteroatoms. The van der Waals surface area contributed by atoms with Gasteiger partial charge in [-0.25, -0.2) is 0 Å². The fourth-order valence-corrected chi connectivity index (χ4v) is 4.95. The first kappa shape index (κ1) is 20.9. The number of amides is 2. The fraction of sp³-hybridized carbons (Fsp3) is 0.478. The second kappa shape index (κ2) is 9.62. The zero-order chi connectivity index (χ0) is 20.9. The highest BCUT2D eigenvalue weighted by molar-refractivity contribution is 7.12. The average molecular weight is 429 g/mol. The van der Waals surface area contributed by atoms with Gasteiger partial charge in [0.1, 0.15) is 5.75 Å². The lowest BCUT2D eigenvalue weighted by Crippen LogP contribution is -2.45. The van der Waals surface area contributed by atoms with Crippen LogP contribution in [-0.2, 0) is 16.1 Å². The molecular weight excluding hydrogens is 400 g/mol. The van der Waals surface area contributed by atoms with E-state index in [0.717, 1.165) is 29.9 Å². The number of likely N-dealkylation sites (tertiary alicyclic amines) is 1. The highest BCUT2D eigenvalue weighted by atomic mass is 32.1. The smallest absolute Gasteiger partial charge is 0.263 e. The van der Waals surface area contributed by atoms with Gasteiger partial charge in [0, 0.05) is 44.3 Å². The van der Waals surface area contributed by atoms with Gasteiger partial charge in [-0.3, -0.25) is 9.59 Å². The number of carbonyl (C=O) groups excluding carboxylic acids is 2. The number of piperidine rings is 1. The lowest BCUT2D eigenvalue weighted by atomic mass is 9.94. The molecule has 2 aliphatic heterocycles. The predicted octanol–water partition coefficient (Wildman–Crippen LogP) is 3.51. The maximum atomic E-state index is 13.4. The first-order valence-electron chi connectivity index (χ1n) is 10.6. The van der Waals surface area contributed by atoms with E-state index in [1.807, 2.05) is 39.4 Å². The van der Waals surface area contributed by atoms with Crippen molar-refractivity contribution < 1.29 is 19.4 Å². The van der Waals surface area contributed by atoms with E-state index < -0.39 is 0 Å². The minimum atomic E-state index is -0.107. The molecule has 2 aliphatic rings. The summed E-state index contributed by atoms with van der Waals surface area (Å²) < 4.78 is 5.77. The molecule has 0 spiro atoms. The Labute approximate surface area is 181 Å². The summed E-state index contributed by atoms with van der Waals surface area (Å²) in [6.07, 6.45) is 3.36. The van der Waals surface area contributed by atoms with Crippen molar-refractivity contribution >= 4 is 23.2 Å². The highest BCUT2D eigenvalue weighted by Crippen LogP contribution is 2.26. The van der Waals surface area contributed by atoms with Crippen LogP contribution in [0.1, 0.15) is 40.9 Å². The minimum Gasteiger partial charge on any atom is -0.508 e. The monoisotopic (exact) mass is 428 g/mol. The van der Waals surface area contributed by atoms with Gasteiger partial charge in [0.05, 0.1) is 11.0 Å². The van der Waals surface area contributed by atoms with Crippen molar-refractivity contribution in [1.82, 2.24) is 9.80 Å². The van der Waals surface area contributed by atoms with Crippen LogP contribution in [0.5, 0.6) is 5.75 Å². The summed E-state index contributed by atoms with van der Waals surface area (Å²) in [5, 5.41) is 12.1. The highest BCUT2D eigenvalue weighted by Gasteiger charge is 2.32. The summed E-state index contributed by atoms with van der Waals surface area (Å²) in [5.74, 6) is 0.252. The van der Waals surface area contributed by atoms with Crippen molar-refractivity contribution in [2.45, 2.75) is 38.3 Å². The molecule has 0 aliphatic carbocycles. The van der Waals surface area contributed by atoms with Gasteiger partial charge in [-0.15, -0.1) is 11.3 Å². The van der Waals surface area contributed by atoms with Gasteiger partial charge in [0.25, 0.3) is 5.91 Å². The summed E-state index contributed by atoms with van der Waals surface area (Å²) in [6, 6.07) is 10.9. The van der Waals surface area contributed by atoms with Gasteiger partial charge in [-0.05, 0) is 43.2 Å². The number of benzene rings is 1. The topological polar surface area (TPSA) is 70.1 Å². The average Bonchev–Trinajstić information content (AvgIpc) is 3.48. The van der Waals surface area contributed by atoms with Crippen molar-refractivity contribution in [3.05, 3.63) is 52.2 Å². The Bertz CT molecular complexity index is 856. The Balaban J connectivity index is 1.41. The minimum absolute atomic E-state index is 0.0558. The molecule has 2 fully saturated rings. The number of phenolic OH excluding ortho intramolecular Hbond substituents is 1. The van der Waals surface area contributed by atoms with Gasteiger partial charge in [0.2, 0.25) is 5.91 Å². The summed E-state index contributed by atoms with van der Waals surface area (Å²) >= 11 is 1.45. The third-order valence-electron chi connectivity index (χ3n) is 5.98. The molecule has 0 bridgehead atoms. The normalized spacial score (nSPS) is 19.7. The lowest BCUT2D eigenvalue weighted by Gasteiger charge is -2.35. The van der Waals surface area contributed by atoms with E-state index >= 15 is 0 Å². The van der Waals surface area contributed by atoms with E-state index in [2.05, 4.69) is 0 Å². The number of phenols is 1. The molecule has 2 saturated heterocycles. The van der Waals surface area contributed by atoms with Gasteiger partial charge in [-0.2, -0.15) is 0 Å². The maximum Gasteiger partial charge on any atom is 0.263 e. The molecular formula is C23H28N2O4S. The molecule has 2 aromatic rings. The number of ether oxygens (including phenoxy) is 1. The van der Waals surface area contributed by atoms with Crippen LogP contribution in [0.3, 0.4) is 0 Å². The molecule has 1 aromatic carbocycles. The molecule has 30 heavy (non-hydrogen) atoms. The molecule has 3 heterocycles. The third-order valence-corrected chi connectivity index (χ3v) is 6.83. The molecule has 1 N–H and O–H groups in total. The van der Waals surface area contributed by atoms with E-state index in [0.29, 0.717) is 39.0 Å². The van der Waals surface area contributed by atoms with Crippen molar-refractivity contribution in [3.8, 4) is 5.75 Å². The molecule has 4 rings (SSSR count). The number of aromatic hydroxyl groups is 1.